The van der Waals surface area contributed by atoms with Gasteiger partial charge in [-0.1, -0.05) is 60.7 Å². The quantitative estimate of drug-likeness (QED) is 0.717. The Labute approximate surface area is 147 Å². The molecule has 0 aliphatic rings. The van der Waals surface area contributed by atoms with E-state index in [1.54, 1.807) is 6.07 Å². The lowest BCUT2D eigenvalue weighted by molar-refractivity contribution is -0.117. The molecule has 0 aromatic heterocycles. The molecule has 1 unspecified atom stereocenters. The minimum Gasteiger partial charge on any atom is -0.455 e. The molecule has 0 bridgehead atoms. The summed E-state index contributed by atoms with van der Waals surface area (Å²) < 4.78 is 5.85. The molecule has 1 atom stereocenters. The van der Waals surface area contributed by atoms with Crippen LogP contribution in [0.15, 0.2) is 84.9 Å². The molecule has 0 saturated heterocycles. The molecule has 4 nitrogen and oxygen atoms in total. The number of carbonyl (C=O) groups is 1. The van der Waals surface area contributed by atoms with Gasteiger partial charge in [0.2, 0.25) is 5.91 Å². The number of carbonyl (C=O) groups excluding carboxylic acids is 1. The van der Waals surface area contributed by atoms with Gasteiger partial charge in [-0.3, -0.25) is 4.79 Å². The van der Waals surface area contributed by atoms with Crippen LogP contribution >= 0.6 is 0 Å². The van der Waals surface area contributed by atoms with E-state index in [-0.39, 0.29) is 5.91 Å². The van der Waals surface area contributed by atoms with E-state index < -0.39 is 6.04 Å². The SMILES string of the molecule is NC(Cc1ccccc1)C(=O)Nc1ccccc1Oc1ccccc1. The van der Waals surface area contributed by atoms with Crippen LogP contribution in [0.2, 0.25) is 0 Å². The van der Waals surface area contributed by atoms with Crippen LogP contribution in [0.3, 0.4) is 0 Å². The van der Waals surface area contributed by atoms with E-state index >= 15 is 0 Å². The maximum atomic E-state index is 12.4. The van der Waals surface area contributed by atoms with Crippen LogP contribution in [0.25, 0.3) is 0 Å². The van der Waals surface area contributed by atoms with Crippen molar-refractivity contribution in [1.82, 2.24) is 0 Å². The fourth-order valence-electron chi connectivity index (χ4n) is 2.46. The third kappa shape index (κ3) is 4.68. The molecule has 3 rings (SSSR count). The molecule has 1 amide bonds. The smallest absolute Gasteiger partial charge is 0.241 e. The number of nitrogens with two attached hydrogens (primary N) is 1. The van der Waals surface area contributed by atoms with Crippen LogP contribution in [0.1, 0.15) is 5.56 Å². The molecule has 0 aliphatic heterocycles. The Morgan fingerprint density at radius 3 is 2.20 bits per heavy atom. The van der Waals surface area contributed by atoms with Crippen LogP contribution < -0.4 is 15.8 Å². The number of para-hydroxylation sites is 3. The zero-order valence-electron chi connectivity index (χ0n) is 13.8. The second-order valence-corrected chi connectivity index (χ2v) is 5.70. The van der Waals surface area contributed by atoms with Crippen molar-refractivity contribution in [3.05, 3.63) is 90.5 Å². The molecule has 126 valence electrons. The standard InChI is InChI=1S/C21H20N2O2/c22-18(15-16-9-3-1-4-10-16)21(24)23-19-13-7-8-14-20(19)25-17-11-5-2-6-12-17/h1-14,18H,15,22H2,(H,23,24). The number of ether oxygens (including phenoxy) is 1. The average molecular weight is 332 g/mol. The summed E-state index contributed by atoms with van der Waals surface area (Å²) in [7, 11) is 0. The maximum Gasteiger partial charge on any atom is 0.241 e. The second kappa shape index (κ2) is 8.13. The van der Waals surface area contributed by atoms with Gasteiger partial charge in [0.15, 0.2) is 5.75 Å². The molecular weight excluding hydrogens is 312 g/mol. The number of amides is 1. The van der Waals surface area contributed by atoms with Crippen molar-refractivity contribution in [3.63, 3.8) is 0 Å². The predicted molar refractivity (Wildman–Crippen MR) is 99.7 cm³/mol. The van der Waals surface area contributed by atoms with Crippen molar-refractivity contribution in [2.24, 2.45) is 5.73 Å². The van der Waals surface area contributed by atoms with Gasteiger partial charge < -0.3 is 15.8 Å². The van der Waals surface area contributed by atoms with Crippen molar-refractivity contribution in [3.8, 4) is 11.5 Å². The first-order valence-corrected chi connectivity index (χ1v) is 8.14. The monoisotopic (exact) mass is 332 g/mol. The molecule has 0 aliphatic carbocycles. The van der Waals surface area contributed by atoms with Gasteiger partial charge in [0.25, 0.3) is 0 Å². The van der Waals surface area contributed by atoms with Gasteiger partial charge in [-0.25, -0.2) is 0 Å². The van der Waals surface area contributed by atoms with Gasteiger partial charge in [0.1, 0.15) is 5.75 Å². The molecule has 25 heavy (non-hydrogen) atoms. The van der Waals surface area contributed by atoms with E-state index in [1.807, 2.05) is 78.9 Å². The van der Waals surface area contributed by atoms with Crippen molar-refractivity contribution >= 4 is 11.6 Å². The fraction of sp³-hybridized carbons (Fsp3) is 0.0952. The number of hydrogen-bond donors (Lipinski definition) is 2. The van der Waals surface area contributed by atoms with Gasteiger partial charge in [-0.05, 0) is 36.2 Å². The molecule has 0 saturated carbocycles. The molecule has 4 heteroatoms. The van der Waals surface area contributed by atoms with Gasteiger partial charge in [-0.2, -0.15) is 0 Å². The summed E-state index contributed by atoms with van der Waals surface area (Å²) in [6.45, 7) is 0. The number of benzene rings is 3. The topological polar surface area (TPSA) is 64.4 Å². The lowest BCUT2D eigenvalue weighted by Crippen LogP contribution is -2.37. The molecule has 3 aromatic rings. The zero-order valence-corrected chi connectivity index (χ0v) is 13.8. The number of hydrogen-bond acceptors (Lipinski definition) is 3. The third-order valence-electron chi connectivity index (χ3n) is 3.75. The van der Waals surface area contributed by atoms with E-state index in [9.17, 15) is 4.79 Å². The number of nitrogens with one attached hydrogen (secondary N) is 1. The molecule has 0 radical (unpaired) electrons. The lowest BCUT2D eigenvalue weighted by atomic mass is 10.1. The molecule has 0 fully saturated rings. The first-order chi connectivity index (χ1) is 12.2. The molecule has 3 N–H and O–H groups in total. The Hall–Kier alpha value is -3.11. The lowest BCUT2D eigenvalue weighted by Gasteiger charge is -2.15. The third-order valence-corrected chi connectivity index (χ3v) is 3.75. The first-order valence-electron chi connectivity index (χ1n) is 8.14. The molecule has 0 heterocycles. The number of rotatable bonds is 6. The largest absolute Gasteiger partial charge is 0.455 e. The van der Waals surface area contributed by atoms with Crippen molar-refractivity contribution < 1.29 is 9.53 Å². The Kier molecular flexibility index (Phi) is 5.44. The Bertz CT molecular complexity index is 820. The molecule has 0 spiro atoms. The summed E-state index contributed by atoms with van der Waals surface area (Å²) in [6.07, 6.45) is 0.481. The van der Waals surface area contributed by atoms with Gasteiger partial charge in [-0.15, -0.1) is 0 Å². The van der Waals surface area contributed by atoms with E-state index in [2.05, 4.69) is 5.32 Å². The van der Waals surface area contributed by atoms with Crippen molar-refractivity contribution in [1.29, 1.82) is 0 Å². The highest BCUT2D eigenvalue weighted by Gasteiger charge is 2.16. The van der Waals surface area contributed by atoms with Crippen LogP contribution in [0.4, 0.5) is 5.69 Å². The Balaban J connectivity index is 1.69. The predicted octanol–water partition coefficient (Wildman–Crippen LogP) is 3.99. The average Bonchev–Trinajstić information content (AvgIpc) is 2.65. The highest BCUT2D eigenvalue weighted by molar-refractivity contribution is 5.96. The maximum absolute atomic E-state index is 12.4. The van der Waals surface area contributed by atoms with Gasteiger partial charge in [0.05, 0.1) is 11.7 Å². The van der Waals surface area contributed by atoms with Crippen molar-refractivity contribution in [2.45, 2.75) is 12.5 Å². The Morgan fingerprint density at radius 2 is 1.48 bits per heavy atom. The minimum absolute atomic E-state index is 0.243. The van der Waals surface area contributed by atoms with E-state index in [0.717, 1.165) is 5.56 Å². The molecular formula is C21H20N2O2. The van der Waals surface area contributed by atoms with Crippen LogP contribution in [-0.2, 0) is 11.2 Å². The van der Waals surface area contributed by atoms with Crippen LogP contribution in [-0.4, -0.2) is 11.9 Å². The highest BCUT2D eigenvalue weighted by Crippen LogP contribution is 2.29. The summed E-state index contributed by atoms with van der Waals surface area (Å²) in [5.74, 6) is 1.04. The highest BCUT2D eigenvalue weighted by atomic mass is 16.5. The zero-order chi connectivity index (χ0) is 17.5. The summed E-state index contributed by atoms with van der Waals surface area (Å²) in [5.41, 5.74) is 7.67. The fourth-order valence-corrected chi connectivity index (χ4v) is 2.46. The van der Waals surface area contributed by atoms with Gasteiger partial charge in [0, 0.05) is 0 Å². The normalized spacial score (nSPS) is 11.6. The summed E-state index contributed by atoms with van der Waals surface area (Å²) in [5, 5.41) is 2.86. The Morgan fingerprint density at radius 1 is 0.880 bits per heavy atom. The van der Waals surface area contributed by atoms with E-state index in [1.165, 1.54) is 0 Å². The minimum atomic E-state index is -0.632. The van der Waals surface area contributed by atoms with Crippen LogP contribution in [0, 0.1) is 0 Å². The van der Waals surface area contributed by atoms with Crippen molar-refractivity contribution in [2.75, 3.05) is 5.32 Å². The van der Waals surface area contributed by atoms with E-state index in [4.69, 9.17) is 10.5 Å². The van der Waals surface area contributed by atoms with Gasteiger partial charge >= 0.3 is 0 Å². The summed E-state index contributed by atoms with van der Waals surface area (Å²) in [4.78, 5) is 12.4. The summed E-state index contributed by atoms with van der Waals surface area (Å²) >= 11 is 0. The first kappa shape index (κ1) is 16.7. The number of anilines is 1. The van der Waals surface area contributed by atoms with E-state index in [0.29, 0.717) is 23.6 Å². The second-order valence-electron chi connectivity index (χ2n) is 5.70. The summed E-state index contributed by atoms with van der Waals surface area (Å²) in [6, 6.07) is 25.8. The van der Waals surface area contributed by atoms with Crippen LogP contribution in [0.5, 0.6) is 11.5 Å². The molecule has 3 aromatic carbocycles.